The first-order valence-electron chi connectivity index (χ1n) is 7.53. The van der Waals surface area contributed by atoms with E-state index in [0.717, 1.165) is 5.69 Å². The molecule has 0 spiro atoms. The average molecular weight is 321 g/mol. The van der Waals surface area contributed by atoms with Gasteiger partial charge in [-0.25, -0.2) is 0 Å². The molecule has 0 aliphatic rings. The fourth-order valence-corrected chi connectivity index (χ4v) is 2.63. The summed E-state index contributed by atoms with van der Waals surface area (Å²) in [5.74, 6) is 0.166. The van der Waals surface area contributed by atoms with E-state index in [1.54, 1.807) is 24.3 Å². The Morgan fingerprint density at radius 3 is 1.71 bits per heavy atom. The molecular formula is C19H19N3O2. The van der Waals surface area contributed by atoms with Gasteiger partial charge in [-0.1, -0.05) is 18.2 Å². The first-order valence-corrected chi connectivity index (χ1v) is 7.53. The number of phenols is 2. The summed E-state index contributed by atoms with van der Waals surface area (Å²) in [5, 5.41) is 23.9. The van der Waals surface area contributed by atoms with Crippen molar-refractivity contribution in [3.63, 3.8) is 0 Å². The Balaban J connectivity index is 2.13. The van der Waals surface area contributed by atoms with Crippen LogP contribution in [0.3, 0.4) is 0 Å². The Labute approximate surface area is 140 Å². The maximum Gasteiger partial charge on any atom is 0.121 e. The largest absolute Gasteiger partial charge is 0.508 e. The van der Waals surface area contributed by atoms with Crippen LogP contribution in [0.15, 0.2) is 66.7 Å². The summed E-state index contributed by atoms with van der Waals surface area (Å²) in [7, 11) is 0. The minimum absolute atomic E-state index is 0.0828. The van der Waals surface area contributed by atoms with E-state index in [1.807, 2.05) is 30.3 Å². The lowest BCUT2D eigenvalue weighted by molar-refractivity contribution is 0.458. The molecule has 3 aromatic carbocycles. The predicted molar refractivity (Wildman–Crippen MR) is 96.9 cm³/mol. The van der Waals surface area contributed by atoms with Crippen LogP contribution in [-0.4, -0.2) is 10.2 Å². The molecule has 0 fully saturated rings. The van der Waals surface area contributed by atoms with Crippen molar-refractivity contribution in [2.75, 3.05) is 16.8 Å². The molecule has 0 aromatic heterocycles. The van der Waals surface area contributed by atoms with Crippen molar-refractivity contribution < 1.29 is 10.2 Å². The van der Waals surface area contributed by atoms with Crippen LogP contribution in [0.5, 0.6) is 11.5 Å². The topological polar surface area (TPSA) is 105 Å². The molecule has 0 bridgehead atoms. The predicted octanol–water partition coefficient (Wildman–Crippen LogP) is 3.46. The van der Waals surface area contributed by atoms with E-state index in [-0.39, 0.29) is 11.5 Å². The van der Waals surface area contributed by atoms with Gasteiger partial charge >= 0.3 is 0 Å². The van der Waals surface area contributed by atoms with E-state index < -0.39 is 6.04 Å². The third kappa shape index (κ3) is 3.20. The number of phenolic OH excluding ortho intramolecular Hbond substituents is 2. The second-order valence-electron chi connectivity index (χ2n) is 5.58. The molecule has 0 saturated heterocycles. The molecule has 0 saturated carbocycles. The lowest BCUT2D eigenvalue weighted by Crippen LogP contribution is -2.13. The summed E-state index contributed by atoms with van der Waals surface area (Å²) in [6.07, 6.45) is 0. The van der Waals surface area contributed by atoms with Gasteiger partial charge in [0.1, 0.15) is 11.5 Å². The van der Waals surface area contributed by atoms with Crippen LogP contribution in [0.25, 0.3) is 0 Å². The van der Waals surface area contributed by atoms with Gasteiger partial charge in [0, 0.05) is 28.2 Å². The molecule has 0 atom stereocenters. The Hall–Kier alpha value is -3.34. The van der Waals surface area contributed by atoms with Crippen LogP contribution in [0.4, 0.5) is 17.1 Å². The van der Waals surface area contributed by atoms with Crippen molar-refractivity contribution in [1.29, 1.82) is 0 Å². The van der Waals surface area contributed by atoms with Crippen LogP contribution in [0, 0.1) is 0 Å². The third-order valence-corrected chi connectivity index (χ3v) is 3.81. The number of benzene rings is 3. The molecule has 0 radical (unpaired) electrons. The maximum atomic E-state index is 10.3. The molecule has 7 N–H and O–H groups in total. The number of hydrogen-bond donors (Lipinski definition) is 5. The van der Waals surface area contributed by atoms with Crippen molar-refractivity contribution >= 4 is 17.1 Å². The van der Waals surface area contributed by atoms with Gasteiger partial charge in [0.15, 0.2) is 0 Å². The van der Waals surface area contributed by atoms with Gasteiger partial charge in [-0.05, 0) is 48.5 Å². The van der Waals surface area contributed by atoms with E-state index in [1.165, 1.54) is 12.1 Å². The van der Waals surface area contributed by atoms with Gasteiger partial charge in [-0.15, -0.1) is 0 Å². The molecule has 0 aliphatic heterocycles. The van der Waals surface area contributed by atoms with Crippen LogP contribution in [0.2, 0.25) is 0 Å². The number of nitrogens with two attached hydrogens (primary N) is 2. The number of aromatic hydroxyl groups is 2. The Bertz CT molecular complexity index is 799. The zero-order chi connectivity index (χ0) is 17.1. The van der Waals surface area contributed by atoms with E-state index in [9.17, 15) is 10.2 Å². The van der Waals surface area contributed by atoms with E-state index in [2.05, 4.69) is 5.32 Å². The second-order valence-corrected chi connectivity index (χ2v) is 5.58. The minimum Gasteiger partial charge on any atom is -0.508 e. The fourth-order valence-electron chi connectivity index (χ4n) is 2.63. The number of anilines is 3. The molecule has 122 valence electrons. The van der Waals surface area contributed by atoms with Crippen molar-refractivity contribution in [2.24, 2.45) is 0 Å². The summed E-state index contributed by atoms with van der Waals surface area (Å²) < 4.78 is 0. The quantitative estimate of drug-likeness (QED) is 0.374. The Kier molecular flexibility index (Phi) is 4.16. The molecule has 24 heavy (non-hydrogen) atoms. The summed E-state index contributed by atoms with van der Waals surface area (Å²) in [5.41, 5.74) is 14.7. The van der Waals surface area contributed by atoms with E-state index >= 15 is 0 Å². The van der Waals surface area contributed by atoms with Gasteiger partial charge in [-0.3, -0.25) is 0 Å². The lowest BCUT2D eigenvalue weighted by Gasteiger charge is -2.23. The van der Waals surface area contributed by atoms with Crippen molar-refractivity contribution in [3.8, 4) is 11.5 Å². The normalized spacial score (nSPS) is 10.7. The zero-order valence-electron chi connectivity index (χ0n) is 13.0. The molecule has 0 amide bonds. The second kappa shape index (κ2) is 6.42. The number of rotatable bonds is 4. The zero-order valence-corrected chi connectivity index (χ0v) is 13.0. The molecule has 3 rings (SSSR count). The van der Waals surface area contributed by atoms with Gasteiger partial charge in [0.05, 0.1) is 6.04 Å². The van der Waals surface area contributed by atoms with Gasteiger partial charge in [0.2, 0.25) is 0 Å². The highest BCUT2D eigenvalue weighted by molar-refractivity contribution is 5.60. The highest BCUT2D eigenvalue weighted by Crippen LogP contribution is 2.38. The smallest absolute Gasteiger partial charge is 0.121 e. The summed E-state index contributed by atoms with van der Waals surface area (Å²) in [6.45, 7) is 0. The number of para-hydroxylation sites is 1. The van der Waals surface area contributed by atoms with Gasteiger partial charge < -0.3 is 27.0 Å². The van der Waals surface area contributed by atoms with E-state index in [0.29, 0.717) is 22.5 Å². The standard InChI is InChI=1S/C19H19N3O2/c20-12-6-8-17(23)15(10-12)19(22-14-4-2-1-3-5-14)16-11-13(21)7-9-18(16)24/h1-11,19,22-24H,20-21H2. The third-order valence-electron chi connectivity index (χ3n) is 3.81. The van der Waals surface area contributed by atoms with Crippen molar-refractivity contribution in [3.05, 3.63) is 77.9 Å². The number of nitrogens with one attached hydrogen (secondary N) is 1. The van der Waals surface area contributed by atoms with Gasteiger partial charge in [-0.2, -0.15) is 0 Å². The fraction of sp³-hybridized carbons (Fsp3) is 0.0526. The van der Waals surface area contributed by atoms with Crippen molar-refractivity contribution in [2.45, 2.75) is 6.04 Å². The summed E-state index contributed by atoms with van der Waals surface area (Å²) >= 11 is 0. The lowest BCUT2D eigenvalue weighted by atomic mass is 9.95. The Morgan fingerprint density at radius 2 is 1.21 bits per heavy atom. The number of hydrogen-bond acceptors (Lipinski definition) is 5. The maximum absolute atomic E-state index is 10.3. The Morgan fingerprint density at radius 1 is 0.708 bits per heavy atom. The first-order chi connectivity index (χ1) is 11.5. The van der Waals surface area contributed by atoms with E-state index in [4.69, 9.17) is 11.5 Å². The number of nitrogen functional groups attached to an aromatic ring is 2. The molecule has 5 heteroatoms. The molecule has 5 nitrogen and oxygen atoms in total. The highest BCUT2D eigenvalue weighted by atomic mass is 16.3. The van der Waals surface area contributed by atoms with Crippen LogP contribution < -0.4 is 16.8 Å². The SMILES string of the molecule is Nc1ccc(O)c(C(Nc2ccccc2)c2cc(N)ccc2O)c1. The molecule has 0 aliphatic carbocycles. The van der Waals surface area contributed by atoms with Crippen molar-refractivity contribution in [1.82, 2.24) is 0 Å². The van der Waals surface area contributed by atoms with Crippen LogP contribution in [-0.2, 0) is 0 Å². The van der Waals surface area contributed by atoms with Gasteiger partial charge in [0.25, 0.3) is 0 Å². The monoisotopic (exact) mass is 321 g/mol. The molecular weight excluding hydrogens is 302 g/mol. The molecule has 0 heterocycles. The average Bonchev–Trinajstić information content (AvgIpc) is 2.58. The van der Waals surface area contributed by atoms with Crippen LogP contribution in [0.1, 0.15) is 17.2 Å². The minimum atomic E-state index is -0.514. The molecule has 3 aromatic rings. The summed E-state index contributed by atoms with van der Waals surface area (Å²) in [6, 6.07) is 18.7. The van der Waals surface area contributed by atoms with Crippen LogP contribution >= 0.6 is 0 Å². The molecule has 0 unspecified atom stereocenters. The highest BCUT2D eigenvalue weighted by Gasteiger charge is 2.21. The first kappa shape index (κ1) is 15.6. The summed E-state index contributed by atoms with van der Waals surface area (Å²) in [4.78, 5) is 0.